The van der Waals surface area contributed by atoms with Crippen LogP contribution in [0, 0.1) is 10.1 Å². The first-order valence-electron chi connectivity index (χ1n) is 11.1. The Labute approximate surface area is 198 Å². The molecule has 0 bridgehead atoms. The normalized spacial score (nSPS) is 14.0. The summed E-state index contributed by atoms with van der Waals surface area (Å²) in [5, 5.41) is 10.8. The van der Waals surface area contributed by atoms with E-state index < -0.39 is 4.92 Å². The number of ether oxygens (including phenoxy) is 2. The molecule has 34 heavy (non-hydrogen) atoms. The fourth-order valence-electron chi connectivity index (χ4n) is 3.95. The van der Waals surface area contributed by atoms with Gasteiger partial charge in [0.05, 0.1) is 12.0 Å². The Bertz CT molecular complexity index is 1140. The van der Waals surface area contributed by atoms with Gasteiger partial charge in [0.1, 0.15) is 18.1 Å². The van der Waals surface area contributed by atoms with Crippen LogP contribution in [-0.2, 0) is 13.2 Å². The molecule has 0 N–H and O–H groups in total. The molecule has 0 saturated carbocycles. The van der Waals surface area contributed by atoms with Crippen molar-refractivity contribution in [1.82, 2.24) is 9.80 Å². The van der Waals surface area contributed by atoms with Gasteiger partial charge in [-0.1, -0.05) is 24.3 Å². The van der Waals surface area contributed by atoms with Crippen molar-refractivity contribution in [2.75, 3.05) is 33.3 Å². The average molecular weight is 462 g/mol. The minimum absolute atomic E-state index is 0.0122. The standard InChI is InChI=1S/C26H27N3O5/c1-33-25-7-3-4-20(17-25)18-27-12-14-28(15-13-27)26(30)22-6-2-5-21(16-22)19-34-24-10-8-23(9-11-24)29(31)32/h2-11,16-17H,12-15,18-19H2,1H3. The number of nitro groups is 1. The predicted octanol–water partition coefficient (Wildman–Crippen LogP) is 4.14. The molecule has 8 heteroatoms. The van der Waals surface area contributed by atoms with Crippen LogP contribution in [0.1, 0.15) is 21.5 Å². The molecule has 0 unspecified atom stereocenters. The van der Waals surface area contributed by atoms with Gasteiger partial charge in [-0.2, -0.15) is 0 Å². The molecule has 0 aromatic heterocycles. The highest BCUT2D eigenvalue weighted by molar-refractivity contribution is 5.94. The molecule has 176 valence electrons. The quantitative estimate of drug-likeness (QED) is 0.370. The number of methoxy groups -OCH3 is 1. The Morgan fingerprint density at radius 3 is 2.32 bits per heavy atom. The number of carbonyl (C=O) groups is 1. The number of nitrogens with zero attached hydrogens (tertiary/aromatic N) is 3. The summed E-state index contributed by atoms with van der Waals surface area (Å²) >= 11 is 0. The van der Waals surface area contributed by atoms with Crippen LogP contribution in [0.15, 0.2) is 72.8 Å². The van der Waals surface area contributed by atoms with Crippen LogP contribution in [0.4, 0.5) is 5.69 Å². The van der Waals surface area contributed by atoms with E-state index in [1.54, 1.807) is 19.2 Å². The molecule has 3 aromatic rings. The highest BCUT2D eigenvalue weighted by atomic mass is 16.6. The third kappa shape index (κ3) is 5.90. The van der Waals surface area contributed by atoms with Crippen molar-refractivity contribution >= 4 is 11.6 Å². The first-order valence-corrected chi connectivity index (χ1v) is 11.1. The van der Waals surface area contributed by atoms with Gasteiger partial charge in [0.2, 0.25) is 0 Å². The van der Waals surface area contributed by atoms with Gasteiger partial charge >= 0.3 is 0 Å². The van der Waals surface area contributed by atoms with E-state index in [0.717, 1.165) is 30.9 Å². The fraction of sp³-hybridized carbons (Fsp3) is 0.269. The van der Waals surface area contributed by atoms with E-state index >= 15 is 0 Å². The molecule has 0 atom stereocenters. The summed E-state index contributed by atoms with van der Waals surface area (Å²) in [5.41, 5.74) is 2.70. The molecule has 3 aromatic carbocycles. The summed E-state index contributed by atoms with van der Waals surface area (Å²) < 4.78 is 11.0. The highest BCUT2D eigenvalue weighted by Gasteiger charge is 2.22. The molecular weight excluding hydrogens is 434 g/mol. The maximum atomic E-state index is 13.1. The van der Waals surface area contributed by atoms with E-state index in [4.69, 9.17) is 9.47 Å². The van der Waals surface area contributed by atoms with E-state index in [9.17, 15) is 14.9 Å². The van der Waals surface area contributed by atoms with Crippen LogP contribution in [0.5, 0.6) is 11.5 Å². The largest absolute Gasteiger partial charge is 0.497 e. The van der Waals surface area contributed by atoms with Crippen LogP contribution in [0.25, 0.3) is 0 Å². The number of hydrogen-bond donors (Lipinski definition) is 0. The third-order valence-corrected chi connectivity index (χ3v) is 5.83. The molecule has 1 aliphatic rings. The average Bonchev–Trinajstić information content (AvgIpc) is 2.88. The van der Waals surface area contributed by atoms with Gasteiger partial charge < -0.3 is 14.4 Å². The molecule has 0 radical (unpaired) electrons. The zero-order valence-corrected chi connectivity index (χ0v) is 19.1. The second-order valence-corrected chi connectivity index (χ2v) is 8.16. The van der Waals surface area contributed by atoms with Crippen molar-refractivity contribution in [3.8, 4) is 11.5 Å². The van der Waals surface area contributed by atoms with E-state index in [0.29, 0.717) is 24.4 Å². The summed E-state index contributed by atoms with van der Waals surface area (Å²) in [6.45, 7) is 4.07. The van der Waals surface area contributed by atoms with Crippen LogP contribution in [-0.4, -0.2) is 53.9 Å². The highest BCUT2D eigenvalue weighted by Crippen LogP contribution is 2.20. The van der Waals surface area contributed by atoms with Gasteiger partial charge in [-0.05, 0) is 47.5 Å². The van der Waals surface area contributed by atoms with Crippen LogP contribution in [0.2, 0.25) is 0 Å². The van der Waals surface area contributed by atoms with Crippen molar-refractivity contribution in [2.45, 2.75) is 13.2 Å². The fourth-order valence-corrected chi connectivity index (χ4v) is 3.95. The first-order chi connectivity index (χ1) is 16.5. The van der Waals surface area contributed by atoms with Gasteiger partial charge in [0.25, 0.3) is 11.6 Å². The van der Waals surface area contributed by atoms with Gasteiger partial charge in [0, 0.05) is 50.4 Å². The van der Waals surface area contributed by atoms with Crippen molar-refractivity contribution in [3.05, 3.63) is 99.6 Å². The summed E-state index contributed by atoms with van der Waals surface area (Å²) in [4.78, 5) is 27.6. The Morgan fingerprint density at radius 1 is 0.912 bits per heavy atom. The lowest BCUT2D eigenvalue weighted by atomic mass is 10.1. The lowest BCUT2D eigenvalue weighted by molar-refractivity contribution is -0.384. The first kappa shape index (κ1) is 23.3. The summed E-state index contributed by atoms with van der Waals surface area (Å²) in [5.74, 6) is 1.40. The second-order valence-electron chi connectivity index (χ2n) is 8.16. The van der Waals surface area contributed by atoms with Gasteiger partial charge in [-0.3, -0.25) is 19.8 Å². The number of piperazine rings is 1. The van der Waals surface area contributed by atoms with E-state index in [1.165, 1.54) is 17.7 Å². The van der Waals surface area contributed by atoms with Crippen molar-refractivity contribution in [1.29, 1.82) is 0 Å². The van der Waals surface area contributed by atoms with Crippen molar-refractivity contribution in [2.24, 2.45) is 0 Å². The summed E-state index contributed by atoms with van der Waals surface area (Å²) in [6, 6.07) is 21.4. The molecule has 1 heterocycles. The number of rotatable bonds is 8. The third-order valence-electron chi connectivity index (χ3n) is 5.83. The smallest absolute Gasteiger partial charge is 0.269 e. The minimum atomic E-state index is -0.447. The topological polar surface area (TPSA) is 85.2 Å². The summed E-state index contributed by atoms with van der Waals surface area (Å²) in [6.07, 6.45) is 0. The summed E-state index contributed by atoms with van der Waals surface area (Å²) in [7, 11) is 1.67. The molecule has 0 aliphatic carbocycles. The molecule has 1 aliphatic heterocycles. The number of nitro benzene ring substituents is 1. The Kier molecular flexibility index (Phi) is 7.39. The van der Waals surface area contributed by atoms with E-state index in [2.05, 4.69) is 11.0 Å². The number of non-ortho nitro benzene ring substituents is 1. The lowest BCUT2D eigenvalue weighted by Crippen LogP contribution is -2.48. The molecule has 0 spiro atoms. The molecular formula is C26H27N3O5. The lowest BCUT2D eigenvalue weighted by Gasteiger charge is -2.35. The van der Waals surface area contributed by atoms with E-state index in [1.807, 2.05) is 47.4 Å². The molecule has 1 amide bonds. The number of carbonyl (C=O) groups excluding carboxylic acids is 1. The second kappa shape index (κ2) is 10.8. The minimum Gasteiger partial charge on any atom is -0.497 e. The molecule has 8 nitrogen and oxygen atoms in total. The maximum Gasteiger partial charge on any atom is 0.269 e. The SMILES string of the molecule is COc1cccc(CN2CCN(C(=O)c3cccc(COc4ccc([N+](=O)[O-])cc4)c3)CC2)c1. The van der Waals surface area contributed by atoms with Gasteiger partial charge in [0.15, 0.2) is 0 Å². The maximum absolute atomic E-state index is 13.1. The van der Waals surface area contributed by atoms with Crippen molar-refractivity contribution in [3.63, 3.8) is 0 Å². The monoisotopic (exact) mass is 461 g/mol. The zero-order valence-electron chi connectivity index (χ0n) is 19.1. The van der Waals surface area contributed by atoms with E-state index in [-0.39, 0.29) is 18.2 Å². The Balaban J connectivity index is 1.30. The Hall–Kier alpha value is -3.91. The van der Waals surface area contributed by atoms with Crippen LogP contribution < -0.4 is 9.47 Å². The van der Waals surface area contributed by atoms with Gasteiger partial charge in [-0.25, -0.2) is 0 Å². The van der Waals surface area contributed by atoms with Crippen molar-refractivity contribution < 1.29 is 19.2 Å². The number of amides is 1. The Morgan fingerprint density at radius 2 is 1.62 bits per heavy atom. The number of hydrogen-bond acceptors (Lipinski definition) is 6. The molecule has 1 saturated heterocycles. The predicted molar refractivity (Wildman–Crippen MR) is 128 cm³/mol. The molecule has 4 rings (SSSR count). The number of benzene rings is 3. The van der Waals surface area contributed by atoms with Crippen LogP contribution in [0.3, 0.4) is 0 Å². The van der Waals surface area contributed by atoms with Gasteiger partial charge in [-0.15, -0.1) is 0 Å². The van der Waals surface area contributed by atoms with Crippen LogP contribution >= 0.6 is 0 Å². The molecule has 1 fully saturated rings. The zero-order chi connectivity index (χ0) is 23.9.